The van der Waals surface area contributed by atoms with Gasteiger partial charge in [-0.15, -0.1) is 0 Å². The zero-order valence-corrected chi connectivity index (χ0v) is 25.9. The lowest BCUT2D eigenvalue weighted by Crippen LogP contribution is -2.38. The van der Waals surface area contributed by atoms with E-state index < -0.39 is 7.60 Å². The summed E-state index contributed by atoms with van der Waals surface area (Å²) >= 11 is 0. The average Bonchev–Trinajstić information content (AvgIpc) is 2.84. The zero-order valence-electron chi connectivity index (χ0n) is 25.1. The van der Waals surface area contributed by atoms with Gasteiger partial charge in [0.15, 0.2) is 0 Å². The van der Waals surface area contributed by atoms with E-state index in [0.717, 1.165) is 24.3 Å². The molecule has 1 rings (SSSR count). The molecule has 0 spiro atoms. The van der Waals surface area contributed by atoms with Crippen molar-refractivity contribution in [2.45, 2.75) is 104 Å². The molecule has 38 heavy (non-hydrogen) atoms. The van der Waals surface area contributed by atoms with Crippen LogP contribution in [0.25, 0.3) is 0 Å². The third-order valence-corrected chi connectivity index (χ3v) is 8.13. The summed E-state index contributed by atoms with van der Waals surface area (Å²) in [4.78, 5) is 24.1. The monoisotopic (exact) mass is 553 g/mol. The number of benzene rings is 1. The summed E-state index contributed by atoms with van der Waals surface area (Å²) in [5.74, 6) is 0.709. The molecule has 0 heterocycles. The number of Topliss-reactive ketones (excluding diaryl/α,β-unsaturated/α-hetero) is 1. The van der Waals surface area contributed by atoms with Gasteiger partial charge in [0.1, 0.15) is 19.1 Å². The maximum absolute atomic E-state index is 12.3. The number of hydrogen-bond acceptors (Lipinski definition) is 5. The molecule has 0 N–H and O–H groups in total. The molecule has 6 nitrogen and oxygen atoms in total. The normalized spacial score (nSPS) is 14.3. The van der Waals surface area contributed by atoms with E-state index in [1.54, 1.807) is 0 Å². The first-order chi connectivity index (χ1) is 18.0. The summed E-state index contributed by atoms with van der Waals surface area (Å²) in [6, 6.07) is 7.92. The fraction of sp³-hybridized carbons (Fsp3) is 0.774. The highest BCUT2D eigenvalue weighted by molar-refractivity contribution is 7.51. The topological polar surface area (TPSA) is 75.7 Å². The number of ketones is 1. The lowest BCUT2D eigenvalue weighted by Gasteiger charge is -2.30. The molecule has 7 heteroatoms. The quantitative estimate of drug-likeness (QED) is 0.0770. The Morgan fingerprint density at radius 3 is 1.92 bits per heavy atom. The van der Waals surface area contributed by atoms with Gasteiger partial charge >= 0.3 is 0 Å². The molecule has 2 unspecified atom stereocenters. The lowest BCUT2D eigenvalue weighted by atomic mass is 9.95. The summed E-state index contributed by atoms with van der Waals surface area (Å²) in [5.41, 5.74) is 1.05. The van der Waals surface area contributed by atoms with Gasteiger partial charge in [-0.1, -0.05) is 89.7 Å². The Kier molecular flexibility index (Phi) is 18.1. The predicted octanol–water partition coefficient (Wildman–Crippen LogP) is 7.18. The third kappa shape index (κ3) is 19.8. The van der Waals surface area contributed by atoms with Crippen molar-refractivity contribution < 1.29 is 28.0 Å². The molecule has 2 atom stereocenters. The molecule has 0 amide bonds. The van der Waals surface area contributed by atoms with E-state index in [1.165, 1.54) is 77.6 Å². The number of hydrogen-bond donors (Lipinski definition) is 0. The van der Waals surface area contributed by atoms with Crippen LogP contribution in [0.4, 0.5) is 0 Å². The molecule has 0 aliphatic carbocycles. The molecule has 0 bridgehead atoms. The minimum atomic E-state index is -3.93. The Hall–Kier alpha value is -1.20. The van der Waals surface area contributed by atoms with Gasteiger partial charge in [-0.25, -0.2) is 0 Å². The Morgan fingerprint density at radius 2 is 1.42 bits per heavy atom. The molecule has 0 saturated heterocycles. The number of carbonyl (C=O) groups is 1. The number of carbonyl (C=O) groups excluding carboxylic acids is 1. The molecule has 0 radical (unpaired) electrons. The number of ether oxygens (including phenoxy) is 1. The van der Waals surface area contributed by atoms with Gasteiger partial charge in [0.05, 0.1) is 47.1 Å². The fourth-order valence-electron chi connectivity index (χ4n) is 4.49. The second-order valence-corrected chi connectivity index (χ2v) is 13.9. The number of quaternary nitrogens is 1. The maximum atomic E-state index is 12.3. The van der Waals surface area contributed by atoms with Crippen LogP contribution in [0.1, 0.15) is 103 Å². The number of unbranched alkanes of at least 4 members (excludes halogenated alkanes) is 11. The highest BCUT2D eigenvalue weighted by atomic mass is 31.2. The zero-order chi connectivity index (χ0) is 28.3. The average molecular weight is 554 g/mol. The Bertz CT molecular complexity index is 790. The van der Waals surface area contributed by atoms with Crippen molar-refractivity contribution in [2.75, 3.05) is 47.1 Å². The highest BCUT2D eigenvalue weighted by Gasteiger charge is 2.19. The van der Waals surface area contributed by atoms with Crippen molar-refractivity contribution in [2.24, 2.45) is 5.92 Å². The summed E-state index contributed by atoms with van der Waals surface area (Å²) < 4.78 is 24.1. The molecule has 1 aromatic rings. The van der Waals surface area contributed by atoms with Crippen LogP contribution in [0.5, 0.6) is 5.75 Å². The van der Waals surface area contributed by atoms with E-state index in [2.05, 4.69) is 6.92 Å². The van der Waals surface area contributed by atoms with Gasteiger partial charge < -0.3 is 28.0 Å². The molecule has 0 saturated carbocycles. The summed E-state index contributed by atoms with van der Waals surface area (Å²) in [6.07, 6.45) is 16.8. The van der Waals surface area contributed by atoms with Crippen LogP contribution in [0.15, 0.2) is 24.3 Å². The largest absolute Gasteiger partial charge is 0.778 e. The first-order valence-electron chi connectivity index (χ1n) is 15.0. The van der Waals surface area contributed by atoms with Crippen molar-refractivity contribution in [1.29, 1.82) is 0 Å². The summed E-state index contributed by atoms with van der Waals surface area (Å²) in [6.45, 7) is 5.05. The standard InChI is InChI=1S/C31H56NO5P/c1-6-7-8-9-10-11-12-13-14-15-16-17-23-36-31-20-18-29(19-21-31)26-30(25-28(2)33)27-37-38(34,35)24-22-32(3,4)5/h18-21,30H,6-17,22-27H2,1-5H3. The van der Waals surface area contributed by atoms with Gasteiger partial charge in [0.2, 0.25) is 0 Å². The predicted molar refractivity (Wildman–Crippen MR) is 157 cm³/mol. The van der Waals surface area contributed by atoms with Gasteiger partial charge in [-0.3, -0.25) is 0 Å². The molecule has 0 aliphatic heterocycles. The van der Waals surface area contributed by atoms with Gasteiger partial charge in [-0.05, 0) is 43.4 Å². The van der Waals surface area contributed by atoms with Crippen molar-refractivity contribution in [3.8, 4) is 5.75 Å². The minimum absolute atomic E-state index is 0.00544. The van der Waals surface area contributed by atoms with Crippen LogP contribution in [0.2, 0.25) is 0 Å². The maximum Gasteiger partial charge on any atom is 0.140 e. The Morgan fingerprint density at radius 1 is 0.895 bits per heavy atom. The first-order valence-corrected chi connectivity index (χ1v) is 16.7. The molecule has 1 aromatic carbocycles. The summed E-state index contributed by atoms with van der Waals surface area (Å²) in [7, 11) is 1.92. The second-order valence-electron chi connectivity index (χ2n) is 12.0. The molecule has 220 valence electrons. The van der Waals surface area contributed by atoms with E-state index >= 15 is 0 Å². The van der Waals surface area contributed by atoms with Crippen LogP contribution in [0, 0.1) is 5.92 Å². The van der Waals surface area contributed by atoms with Crippen LogP contribution in [0.3, 0.4) is 0 Å². The lowest BCUT2D eigenvalue weighted by molar-refractivity contribution is -0.868. The van der Waals surface area contributed by atoms with E-state index in [0.29, 0.717) is 23.9 Å². The van der Waals surface area contributed by atoms with Gasteiger partial charge in [0, 0.05) is 6.42 Å². The number of rotatable bonds is 24. The highest BCUT2D eigenvalue weighted by Crippen LogP contribution is 2.38. The van der Waals surface area contributed by atoms with Crippen LogP contribution < -0.4 is 9.63 Å². The van der Waals surface area contributed by atoms with Crippen molar-refractivity contribution in [3.63, 3.8) is 0 Å². The van der Waals surface area contributed by atoms with Gasteiger partial charge in [0.25, 0.3) is 0 Å². The molecule has 0 aromatic heterocycles. The van der Waals surface area contributed by atoms with Crippen LogP contribution >= 0.6 is 7.60 Å². The third-order valence-electron chi connectivity index (χ3n) is 6.84. The van der Waals surface area contributed by atoms with E-state index in [9.17, 15) is 14.3 Å². The Labute approximate surface area is 233 Å². The van der Waals surface area contributed by atoms with Crippen LogP contribution in [-0.4, -0.2) is 57.3 Å². The van der Waals surface area contributed by atoms with E-state index in [-0.39, 0.29) is 24.5 Å². The SMILES string of the molecule is CCCCCCCCCCCCCCOc1ccc(CC(COP(=O)([O-])CC[N+](C)(C)C)CC(C)=O)cc1. The molecular weight excluding hydrogens is 497 g/mol. The molecule has 0 fully saturated rings. The van der Waals surface area contributed by atoms with Crippen LogP contribution in [-0.2, 0) is 20.3 Å². The van der Waals surface area contributed by atoms with E-state index in [1.807, 2.05) is 45.4 Å². The second kappa shape index (κ2) is 19.8. The van der Waals surface area contributed by atoms with Crippen molar-refractivity contribution in [3.05, 3.63) is 29.8 Å². The molecule has 0 aliphatic rings. The summed E-state index contributed by atoms with van der Waals surface area (Å²) in [5, 5.41) is 0. The fourth-order valence-corrected chi connectivity index (χ4v) is 5.90. The Balaban J connectivity index is 2.28. The van der Waals surface area contributed by atoms with Crippen molar-refractivity contribution >= 4 is 13.4 Å². The molecular formula is C31H56NO5P. The smallest absolute Gasteiger partial charge is 0.140 e. The number of nitrogens with zero attached hydrogens (tertiary/aromatic N) is 1. The van der Waals surface area contributed by atoms with Crippen molar-refractivity contribution in [1.82, 2.24) is 0 Å². The van der Waals surface area contributed by atoms with E-state index in [4.69, 9.17) is 9.26 Å². The minimum Gasteiger partial charge on any atom is -0.778 e. The first kappa shape index (κ1) is 34.8. The van der Waals surface area contributed by atoms with Gasteiger partial charge in [-0.2, -0.15) is 0 Å².